The van der Waals surface area contributed by atoms with E-state index in [4.69, 9.17) is 14.2 Å². The maximum atomic E-state index is 5.85. The maximum Gasteiger partial charge on any atom is 0.124 e. The van der Waals surface area contributed by atoms with E-state index in [2.05, 4.69) is 0 Å². The van der Waals surface area contributed by atoms with Crippen LogP contribution in [0.4, 0.5) is 0 Å². The molecule has 1 aliphatic heterocycles. The van der Waals surface area contributed by atoms with Gasteiger partial charge in [-0.2, -0.15) is 0 Å². The molecule has 0 aromatic heterocycles. The van der Waals surface area contributed by atoms with Crippen LogP contribution in [0.2, 0.25) is 0 Å². The molecule has 3 atom stereocenters. The summed E-state index contributed by atoms with van der Waals surface area (Å²) in [5.41, 5.74) is 1.16. The summed E-state index contributed by atoms with van der Waals surface area (Å²) < 4.78 is 16.6. The molecular weight excluding hydrogens is 216 g/mol. The van der Waals surface area contributed by atoms with E-state index in [9.17, 15) is 0 Å². The minimum atomic E-state index is -0.0521. The molecule has 1 aliphatic rings. The highest BCUT2D eigenvalue weighted by Crippen LogP contribution is 2.19. The van der Waals surface area contributed by atoms with Gasteiger partial charge in [0, 0.05) is 7.11 Å². The largest absolute Gasteiger partial charge is 0.496 e. The number of ether oxygens (including phenoxy) is 3. The van der Waals surface area contributed by atoms with Crippen LogP contribution in [0.15, 0.2) is 42.7 Å². The highest BCUT2D eigenvalue weighted by atomic mass is 16.6. The molecule has 0 amide bonds. The quantitative estimate of drug-likeness (QED) is 0.801. The molecule has 92 valence electrons. The molecule has 3 heteroatoms. The van der Waals surface area contributed by atoms with Gasteiger partial charge in [-0.25, -0.2) is 0 Å². The van der Waals surface area contributed by atoms with Crippen LogP contribution in [-0.2, 0) is 20.8 Å². The summed E-state index contributed by atoms with van der Waals surface area (Å²) in [5, 5.41) is 0. The van der Waals surface area contributed by atoms with Crippen molar-refractivity contribution in [3.05, 3.63) is 48.2 Å². The van der Waals surface area contributed by atoms with Crippen LogP contribution >= 0.6 is 0 Å². The minimum Gasteiger partial charge on any atom is -0.496 e. The van der Waals surface area contributed by atoms with E-state index in [1.54, 1.807) is 13.4 Å². The highest BCUT2D eigenvalue weighted by Gasteiger charge is 2.29. The summed E-state index contributed by atoms with van der Waals surface area (Å²) in [7, 11) is 1.68. The third-order valence-electron chi connectivity index (χ3n) is 2.91. The average Bonchev–Trinajstić information content (AvgIpc) is 2.37. The van der Waals surface area contributed by atoms with Gasteiger partial charge in [-0.05, 0) is 18.6 Å². The molecule has 3 nitrogen and oxygen atoms in total. The predicted molar refractivity (Wildman–Crippen MR) is 65.5 cm³/mol. The first-order valence-electron chi connectivity index (χ1n) is 5.81. The van der Waals surface area contributed by atoms with Crippen LogP contribution in [-0.4, -0.2) is 25.4 Å². The van der Waals surface area contributed by atoms with Gasteiger partial charge in [0.2, 0.25) is 0 Å². The van der Waals surface area contributed by atoms with Gasteiger partial charge in [-0.15, -0.1) is 0 Å². The standard InChI is InChI=1S/C14H18O3/c1-11-14(15-2)13(8-9-16-11)17-10-12-6-4-3-5-7-12/h3-9,11,13-14H,10H2,1-2H3/t11-,13-,14-/m1/s1. The fourth-order valence-corrected chi connectivity index (χ4v) is 1.94. The SMILES string of the molecule is CO[C@@H]1[C@@H](C)OC=C[C@H]1OCc1ccccc1. The van der Waals surface area contributed by atoms with Crippen molar-refractivity contribution in [2.24, 2.45) is 0 Å². The Balaban J connectivity index is 1.94. The molecule has 17 heavy (non-hydrogen) atoms. The second kappa shape index (κ2) is 5.84. The molecule has 0 saturated heterocycles. The van der Waals surface area contributed by atoms with Crippen LogP contribution in [0.3, 0.4) is 0 Å². The number of methoxy groups -OCH3 is 1. The lowest BCUT2D eigenvalue weighted by Gasteiger charge is -2.31. The summed E-state index contributed by atoms with van der Waals surface area (Å²) in [4.78, 5) is 0. The zero-order valence-corrected chi connectivity index (χ0v) is 10.2. The van der Waals surface area contributed by atoms with Crippen molar-refractivity contribution in [2.45, 2.75) is 31.8 Å². The first-order chi connectivity index (χ1) is 8.31. The zero-order chi connectivity index (χ0) is 12.1. The van der Waals surface area contributed by atoms with Gasteiger partial charge in [0.15, 0.2) is 0 Å². The molecule has 0 fully saturated rings. The Morgan fingerprint density at radius 2 is 2.00 bits per heavy atom. The van der Waals surface area contributed by atoms with Crippen LogP contribution in [0, 0.1) is 0 Å². The van der Waals surface area contributed by atoms with Gasteiger partial charge >= 0.3 is 0 Å². The molecule has 0 radical (unpaired) electrons. The van der Waals surface area contributed by atoms with Crippen LogP contribution < -0.4 is 0 Å². The van der Waals surface area contributed by atoms with Crippen molar-refractivity contribution in [2.75, 3.05) is 7.11 Å². The Morgan fingerprint density at radius 1 is 1.24 bits per heavy atom. The lowest BCUT2D eigenvalue weighted by Crippen LogP contribution is -2.41. The molecule has 0 unspecified atom stereocenters. The van der Waals surface area contributed by atoms with Gasteiger partial charge in [-0.3, -0.25) is 0 Å². The summed E-state index contributed by atoms with van der Waals surface area (Å²) in [6.45, 7) is 2.57. The van der Waals surface area contributed by atoms with Crippen molar-refractivity contribution >= 4 is 0 Å². The Morgan fingerprint density at radius 3 is 2.71 bits per heavy atom. The van der Waals surface area contributed by atoms with Crippen molar-refractivity contribution in [3.63, 3.8) is 0 Å². The molecule has 0 N–H and O–H groups in total. The zero-order valence-electron chi connectivity index (χ0n) is 10.2. The van der Waals surface area contributed by atoms with Crippen molar-refractivity contribution in [3.8, 4) is 0 Å². The normalized spacial score (nSPS) is 27.8. The van der Waals surface area contributed by atoms with E-state index in [0.717, 1.165) is 5.56 Å². The van der Waals surface area contributed by atoms with Crippen LogP contribution in [0.1, 0.15) is 12.5 Å². The van der Waals surface area contributed by atoms with E-state index < -0.39 is 0 Å². The van der Waals surface area contributed by atoms with Gasteiger partial charge < -0.3 is 14.2 Å². The Bertz CT molecular complexity index is 361. The molecule has 1 aromatic rings. The van der Waals surface area contributed by atoms with E-state index in [1.807, 2.05) is 43.3 Å². The fourth-order valence-electron chi connectivity index (χ4n) is 1.94. The first kappa shape index (κ1) is 12.1. The summed E-state index contributed by atoms with van der Waals surface area (Å²) in [6.07, 6.45) is 3.51. The van der Waals surface area contributed by atoms with E-state index in [-0.39, 0.29) is 18.3 Å². The van der Waals surface area contributed by atoms with E-state index >= 15 is 0 Å². The smallest absolute Gasteiger partial charge is 0.124 e. The van der Waals surface area contributed by atoms with Gasteiger partial charge in [0.1, 0.15) is 18.3 Å². The van der Waals surface area contributed by atoms with Crippen molar-refractivity contribution < 1.29 is 14.2 Å². The summed E-state index contributed by atoms with van der Waals surface area (Å²) in [5.74, 6) is 0. The lowest BCUT2D eigenvalue weighted by atomic mass is 10.1. The Hall–Kier alpha value is -1.32. The first-order valence-corrected chi connectivity index (χ1v) is 5.81. The molecule has 1 aromatic carbocycles. The topological polar surface area (TPSA) is 27.7 Å². The van der Waals surface area contributed by atoms with E-state index in [1.165, 1.54) is 0 Å². The molecule has 2 rings (SSSR count). The molecular formula is C14H18O3. The van der Waals surface area contributed by atoms with Gasteiger partial charge in [0.25, 0.3) is 0 Å². The number of hydrogen-bond donors (Lipinski definition) is 0. The third kappa shape index (κ3) is 3.08. The van der Waals surface area contributed by atoms with Crippen molar-refractivity contribution in [1.29, 1.82) is 0 Å². The minimum absolute atomic E-state index is 0.0192. The third-order valence-corrected chi connectivity index (χ3v) is 2.91. The molecule has 0 aliphatic carbocycles. The molecule has 0 bridgehead atoms. The van der Waals surface area contributed by atoms with E-state index in [0.29, 0.717) is 6.61 Å². The second-order valence-electron chi connectivity index (χ2n) is 4.13. The monoisotopic (exact) mass is 234 g/mol. The summed E-state index contributed by atoms with van der Waals surface area (Å²) >= 11 is 0. The number of hydrogen-bond acceptors (Lipinski definition) is 3. The van der Waals surface area contributed by atoms with Gasteiger partial charge in [-0.1, -0.05) is 30.3 Å². The molecule has 1 heterocycles. The second-order valence-corrected chi connectivity index (χ2v) is 4.13. The highest BCUT2D eigenvalue weighted by molar-refractivity contribution is 5.13. The number of rotatable bonds is 4. The maximum absolute atomic E-state index is 5.85. The van der Waals surface area contributed by atoms with Crippen LogP contribution in [0.5, 0.6) is 0 Å². The van der Waals surface area contributed by atoms with Gasteiger partial charge in [0.05, 0.1) is 12.9 Å². The number of benzene rings is 1. The lowest BCUT2D eigenvalue weighted by molar-refractivity contribution is -0.104. The molecule has 0 saturated carbocycles. The van der Waals surface area contributed by atoms with Crippen molar-refractivity contribution in [1.82, 2.24) is 0 Å². The Kier molecular flexibility index (Phi) is 4.18. The Labute approximate surface area is 102 Å². The average molecular weight is 234 g/mol. The predicted octanol–water partition coefficient (Wildman–Crippen LogP) is 2.52. The van der Waals surface area contributed by atoms with Crippen LogP contribution in [0.25, 0.3) is 0 Å². The fraction of sp³-hybridized carbons (Fsp3) is 0.429. The molecule has 0 spiro atoms. The summed E-state index contributed by atoms with van der Waals surface area (Å²) in [6, 6.07) is 10.1.